The molecule has 0 aliphatic carbocycles. The van der Waals surface area contributed by atoms with Gasteiger partial charge >= 0.3 is 0 Å². The fraction of sp³-hybridized carbons (Fsp3) is 0.467. The van der Waals surface area contributed by atoms with E-state index in [0.29, 0.717) is 17.4 Å². The Morgan fingerprint density at radius 2 is 1.90 bits per heavy atom. The summed E-state index contributed by atoms with van der Waals surface area (Å²) in [4.78, 5) is 0.293. The summed E-state index contributed by atoms with van der Waals surface area (Å²) in [6.45, 7) is 4.90. The Kier molecular flexibility index (Phi) is 6.21. The summed E-state index contributed by atoms with van der Waals surface area (Å²) in [7, 11) is -1.81. The van der Waals surface area contributed by atoms with Crippen LogP contribution in [0.15, 0.2) is 29.2 Å². The van der Waals surface area contributed by atoms with E-state index in [4.69, 9.17) is 5.73 Å². The molecule has 1 aromatic rings. The van der Waals surface area contributed by atoms with Gasteiger partial charge in [-0.05, 0) is 30.2 Å². The number of nitrogens with zero attached hydrogens (tertiary/aromatic N) is 1. The molecule has 2 N–H and O–H groups in total. The van der Waals surface area contributed by atoms with Gasteiger partial charge in [0.25, 0.3) is 0 Å². The normalized spacial score (nSPS) is 12.8. The van der Waals surface area contributed by atoms with Crippen LogP contribution in [0.4, 0.5) is 0 Å². The lowest BCUT2D eigenvalue weighted by atomic mass is 10.1. The number of hydrogen-bond donors (Lipinski definition) is 1. The Balaban J connectivity index is 2.92. The minimum absolute atomic E-state index is 0.289. The van der Waals surface area contributed by atoms with E-state index in [0.717, 1.165) is 12.0 Å². The van der Waals surface area contributed by atoms with Gasteiger partial charge in [-0.3, -0.25) is 0 Å². The Labute approximate surface area is 122 Å². The topological polar surface area (TPSA) is 63.4 Å². The van der Waals surface area contributed by atoms with Crippen molar-refractivity contribution in [2.75, 3.05) is 20.1 Å². The molecule has 0 saturated carbocycles. The lowest BCUT2D eigenvalue weighted by Crippen LogP contribution is -2.31. The molecule has 0 aromatic heterocycles. The predicted molar refractivity (Wildman–Crippen MR) is 81.6 cm³/mol. The van der Waals surface area contributed by atoms with Gasteiger partial charge < -0.3 is 5.73 Å². The van der Waals surface area contributed by atoms with E-state index in [1.807, 2.05) is 6.92 Å². The maximum absolute atomic E-state index is 12.4. The average Bonchev–Trinajstić information content (AvgIpc) is 2.45. The van der Waals surface area contributed by atoms with Gasteiger partial charge in [-0.25, -0.2) is 12.7 Å². The zero-order valence-electron chi connectivity index (χ0n) is 12.3. The highest BCUT2D eigenvalue weighted by molar-refractivity contribution is 7.89. The molecule has 0 amide bonds. The van der Waals surface area contributed by atoms with Crippen LogP contribution in [-0.4, -0.2) is 32.9 Å². The smallest absolute Gasteiger partial charge is 0.242 e. The molecule has 0 saturated heterocycles. The standard InChI is InChI=1S/C15H22N2O2S/c1-4-13(2)12-17(3)20(18,19)15-9-7-14(8-10-15)6-5-11-16/h7-10,13H,4,11-12,16H2,1-3H3. The molecule has 0 bridgehead atoms. The van der Waals surface area contributed by atoms with Gasteiger partial charge in [-0.1, -0.05) is 32.1 Å². The summed E-state index contributed by atoms with van der Waals surface area (Å²) in [5, 5.41) is 0. The van der Waals surface area contributed by atoms with Crippen LogP contribution >= 0.6 is 0 Å². The van der Waals surface area contributed by atoms with Crippen LogP contribution in [0.2, 0.25) is 0 Å². The van der Waals surface area contributed by atoms with Crippen LogP contribution in [0, 0.1) is 17.8 Å². The molecule has 1 rings (SSSR count). The molecule has 0 heterocycles. The molecule has 0 fully saturated rings. The molecule has 1 unspecified atom stereocenters. The van der Waals surface area contributed by atoms with E-state index in [2.05, 4.69) is 18.8 Å². The first-order chi connectivity index (χ1) is 9.41. The molecule has 0 aliphatic heterocycles. The maximum Gasteiger partial charge on any atom is 0.242 e. The van der Waals surface area contributed by atoms with Gasteiger partial charge in [0.05, 0.1) is 11.4 Å². The van der Waals surface area contributed by atoms with E-state index in [1.165, 1.54) is 4.31 Å². The molecule has 0 aliphatic rings. The van der Waals surface area contributed by atoms with Gasteiger partial charge in [-0.2, -0.15) is 0 Å². The van der Waals surface area contributed by atoms with Crippen molar-refractivity contribution in [3.05, 3.63) is 29.8 Å². The van der Waals surface area contributed by atoms with Crippen molar-refractivity contribution in [1.82, 2.24) is 4.31 Å². The second-order valence-corrected chi connectivity index (χ2v) is 6.87. The number of rotatable bonds is 5. The van der Waals surface area contributed by atoms with E-state index < -0.39 is 10.0 Å². The van der Waals surface area contributed by atoms with Crippen LogP contribution in [0.5, 0.6) is 0 Å². The van der Waals surface area contributed by atoms with E-state index >= 15 is 0 Å². The van der Waals surface area contributed by atoms with Gasteiger partial charge in [0.2, 0.25) is 10.0 Å². The van der Waals surface area contributed by atoms with Crippen molar-refractivity contribution in [3.63, 3.8) is 0 Å². The Bertz CT molecular complexity index is 583. The first-order valence-electron chi connectivity index (χ1n) is 6.67. The van der Waals surface area contributed by atoms with Crippen molar-refractivity contribution in [1.29, 1.82) is 0 Å². The summed E-state index contributed by atoms with van der Waals surface area (Å²) in [5.74, 6) is 5.94. The van der Waals surface area contributed by atoms with Crippen LogP contribution < -0.4 is 5.73 Å². The Morgan fingerprint density at radius 1 is 1.30 bits per heavy atom. The highest BCUT2D eigenvalue weighted by Crippen LogP contribution is 2.17. The van der Waals surface area contributed by atoms with E-state index in [-0.39, 0.29) is 6.54 Å². The maximum atomic E-state index is 12.4. The second-order valence-electron chi connectivity index (χ2n) is 4.83. The molecule has 4 nitrogen and oxygen atoms in total. The fourth-order valence-corrected chi connectivity index (χ4v) is 3.00. The van der Waals surface area contributed by atoms with Gasteiger partial charge in [0.1, 0.15) is 0 Å². The SMILES string of the molecule is CCC(C)CN(C)S(=O)(=O)c1ccc(C#CCN)cc1. The zero-order chi connectivity index (χ0) is 15.2. The zero-order valence-corrected chi connectivity index (χ0v) is 13.1. The molecule has 1 aromatic carbocycles. The minimum Gasteiger partial charge on any atom is -0.320 e. The first-order valence-corrected chi connectivity index (χ1v) is 8.11. The third-order valence-corrected chi connectivity index (χ3v) is 5.00. The predicted octanol–water partition coefficient (Wildman–Crippen LogP) is 1.66. The summed E-state index contributed by atoms with van der Waals surface area (Å²) >= 11 is 0. The fourth-order valence-electron chi connectivity index (χ4n) is 1.71. The van der Waals surface area contributed by atoms with Gasteiger partial charge in [0.15, 0.2) is 0 Å². The van der Waals surface area contributed by atoms with Crippen LogP contribution in [0.1, 0.15) is 25.8 Å². The molecular formula is C15H22N2O2S. The molecule has 20 heavy (non-hydrogen) atoms. The van der Waals surface area contributed by atoms with Gasteiger partial charge in [0, 0.05) is 19.2 Å². The summed E-state index contributed by atoms with van der Waals surface area (Å²) in [5.41, 5.74) is 6.06. The van der Waals surface area contributed by atoms with E-state index in [9.17, 15) is 8.42 Å². The average molecular weight is 294 g/mol. The van der Waals surface area contributed by atoms with Crippen LogP contribution in [0.25, 0.3) is 0 Å². The highest BCUT2D eigenvalue weighted by atomic mass is 32.2. The van der Waals surface area contributed by atoms with Crippen molar-refractivity contribution >= 4 is 10.0 Å². The van der Waals surface area contributed by atoms with Gasteiger partial charge in [-0.15, -0.1) is 0 Å². The molecular weight excluding hydrogens is 272 g/mol. The third-order valence-electron chi connectivity index (χ3n) is 3.16. The molecule has 0 radical (unpaired) electrons. The number of nitrogens with two attached hydrogens (primary N) is 1. The molecule has 110 valence electrons. The first kappa shape index (κ1) is 16.7. The molecule has 5 heteroatoms. The number of hydrogen-bond acceptors (Lipinski definition) is 3. The van der Waals surface area contributed by atoms with Crippen molar-refractivity contribution in [2.24, 2.45) is 11.7 Å². The monoisotopic (exact) mass is 294 g/mol. The number of benzene rings is 1. The van der Waals surface area contributed by atoms with Crippen molar-refractivity contribution < 1.29 is 8.42 Å². The quantitative estimate of drug-likeness (QED) is 0.840. The Hall–Kier alpha value is -1.35. The summed E-state index contributed by atoms with van der Waals surface area (Å²) in [6, 6.07) is 6.57. The second kappa shape index (κ2) is 7.44. The molecule has 1 atom stereocenters. The number of sulfonamides is 1. The summed E-state index contributed by atoms with van der Waals surface area (Å²) < 4.78 is 26.2. The highest BCUT2D eigenvalue weighted by Gasteiger charge is 2.21. The summed E-state index contributed by atoms with van der Waals surface area (Å²) in [6.07, 6.45) is 0.952. The Morgan fingerprint density at radius 3 is 2.40 bits per heavy atom. The van der Waals surface area contributed by atoms with Crippen LogP contribution in [0.3, 0.4) is 0 Å². The van der Waals surface area contributed by atoms with Crippen LogP contribution in [-0.2, 0) is 10.0 Å². The van der Waals surface area contributed by atoms with E-state index in [1.54, 1.807) is 31.3 Å². The van der Waals surface area contributed by atoms with Crippen molar-refractivity contribution in [2.45, 2.75) is 25.2 Å². The van der Waals surface area contributed by atoms with Crippen molar-refractivity contribution in [3.8, 4) is 11.8 Å². The molecule has 0 spiro atoms. The largest absolute Gasteiger partial charge is 0.320 e. The lowest BCUT2D eigenvalue weighted by molar-refractivity contribution is 0.393. The lowest BCUT2D eigenvalue weighted by Gasteiger charge is -2.20. The minimum atomic E-state index is -3.42. The third kappa shape index (κ3) is 4.34.